The van der Waals surface area contributed by atoms with Gasteiger partial charge in [-0.05, 0) is 35.0 Å². The van der Waals surface area contributed by atoms with Crippen LogP contribution in [0.2, 0.25) is 0 Å². The van der Waals surface area contributed by atoms with Gasteiger partial charge in [0.15, 0.2) is 5.76 Å². The van der Waals surface area contributed by atoms with Crippen molar-refractivity contribution in [2.45, 2.75) is 6.54 Å². The molecule has 0 saturated heterocycles. The summed E-state index contributed by atoms with van der Waals surface area (Å²) >= 11 is 0. The number of nitrogens with one attached hydrogen (secondary N) is 2. The van der Waals surface area contributed by atoms with Crippen molar-refractivity contribution in [1.29, 1.82) is 0 Å². The molecule has 0 atom stereocenters. The number of rotatable bonds is 5. The quantitative estimate of drug-likeness (QED) is 0.407. The first-order chi connectivity index (χ1) is 16.2. The van der Waals surface area contributed by atoms with Gasteiger partial charge in [-0.25, -0.2) is 0 Å². The lowest BCUT2D eigenvalue weighted by atomic mass is 10.1. The van der Waals surface area contributed by atoms with Crippen LogP contribution in [0.5, 0.6) is 0 Å². The third-order valence-corrected chi connectivity index (χ3v) is 4.96. The minimum absolute atomic E-state index is 0.113. The van der Waals surface area contributed by atoms with E-state index in [1.54, 1.807) is 36.4 Å². The van der Waals surface area contributed by atoms with Crippen molar-refractivity contribution in [1.82, 2.24) is 31.1 Å². The highest BCUT2D eigenvalue weighted by atomic mass is 16.3. The molecule has 0 fully saturated rings. The number of fused-ring (bicyclic) bond motifs is 1. The van der Waals surface area contributed by atoms with Crippen LogP contribution in [0.4, 0.5) is 0 Å². The van der Waals surface area contributed by atoms with Crippen LogP contribution >= 0.6 is 0 Å². The van der Waals surface area contributed by atoms with Gasteiger partial charge in [-0.2, -0.15) is 4.80 Å². The lowest BCUT2D eigenvalue weighted by Gasteiger charge is -2.07. The molecule has 2 heterocycles. The van der Waals surface area contributed by atoms with Gasteiger partial charge in [0, 0.05) is 16.5 Å². The van der Waals surface area contributed by atoms with E-state index >= 15 is 0 Å². The number of carbonyl (C=O) groups excluding carboxylic acids is 2. The molecule has 0 radical (unpaired) electrons. The molecule has 0 aliphatic heterocycles. The summed E-state index contributed by atoms with van der Waals surface area (Å²) < 4.78 is 5.49. The summed E-state index contributed by atoms with van der Waals surface area (Å²) in [6, 6.07) is 25.4. The summed E-state index contributed by atoms with van der Waals surface area (Å²) in [4.78, 5) is 26.1. The van der Waals surface area contributed by atoms with Gasteiger partial charge in [-0.1, -0.05) is 60.7 Å². The molecule has 0 spiro atoms. The van der Waals surface area contributed by atoms with Crippen LogP contribution < -0.4 is 10.9 Å². The van der Waals surface area contributed by atoms with Gasteiger partial charge in [-0.15, -0.1) is 10.2 Å². The van der Waals surface area contributed by atoms with Gasteiger partial charge in [0.2, 0.25) is 5.82 Å². The number of hydrogen-bond donors (Lipinski definition) is 2. The average molecular weight is 438 g/mol. The molecule has 0 aliphatic carbocycles. The third kappa shape index (κ3) is 4.47. The largest absolute Gasteiger partial charge is 0.451 e. The van der Waals surface area contributed by atoms with Crippen molar-refractivity contribution in [2.75, 3.05) is 0 Å². The summed E-state index contributed by atoms with van der Waals surface area (Å²) in [7, 11) is 0. The number of tetrazole rings is 1. The predicted molar refractivity (Wildman–Crippen MR) is 120 cm³/mol. The highest BCUT2D eigenvalue weighted by Crippen LogP contribution is 2.18. The minimum atomic E-state index is -0.539. The lowest BCUT2D eigenvalue weighted by Crippen LogP contribution is -2.41. The van der Waals surface area contributed by atoms with E-state index in [2.05, 4.69) is 26.3 Å². The molecule has 0 bridgehead atoms. The van der Waals surface area contributed by atoms with Crippen LogP contribution in [0.25, 0.3) is 22.4 Å². The maximum absolute atomic E-state index is 12.4. The van der Waals surface area contributed by atoms with Crippen molar-refractivity contribution >= 4 is 22.8 Å². The topological polar surface area (TPSA) is 115 Å². The Morgan fingerprint density at radius 1 is 0.848 bits per heavy atom. The molecule has 33 heavy (non-hydrogen) atoms. The predicted octanol–water partition coefficient (Wildman–Crippen LogP) is 3.21. The van der Waals surface area contributed by atoms with E-state index in [9.17, 15) is 9.59 Å². The summed E-state index contributed by atoms with van der Waals surface area (Å²) in [5.74, 6) is -0.326. The molecule has 0 saturated carbocycles. The summed E-state index contributed by atoms with van der Waals surface area (Å²) in [5.41, 5.74) is 7.54. The van der Waals surface area contributed by atoms with Gasteiger partial charge in [0.25, 0.3) is 5.91 Å². The van der Waals surface area contributed by atoms with E-state index in [-0.39, 0.29) is 5.76 Å². The van der Waals surface area contributed by atoms with Gasteiger partial charge < -0.3 is 4.42 Å². The van der Waals surface area contributed by atoms with Crippen LogP contribution in [-0.2, 0) is 6.54 Å². The maximum atomic E-state index is 12.4. The van der Waals surface area contributed by atoms with E-state index in [0.29, 0.717) is 23.5 Å². The molecule has 2 amide bonds. The number of furan rings is 1. The number of benzene rings is 3. The Balaban J connectivity index is 1.18. The Labute approximate surface area is 188 Å². The lowest BCUT2D eigenvalue weighted by molar-refractivity contribution is 0.0832. The number of hydrogen-bond acceptors (Lipinski definition) is 6. The second-order valence-corrected chi connectivity index (χ2v) is 7.26. The van der Waals surface area contributed by atoms with Crippen LogP contribution in [0.15, 0.2) is 89.3 Å². The number of aromatic nitrogens is 4. The number of carbonyl (C=O) groups is 2. The first-order valence-corrected chi connectivity index (χ1v) is 10.2. The van der Waals surface area contributed by atoms with Crippen LogP contribution in [0, 0.1) is 0 Å². The fourth-order valence-corrected chi connectivity index (χ4v) is 3.28. The molecule has 3 aromatic carbocycles. The van der Waals surface area contributed by atoms with E-state index in [0.717, 1.165) is 16.5 Å². The monoisotopic (exact) mass is 438 g/mol. The fraction of sp³-hybridized carbons (Fsp3) is 0.0417. The molecule has 9 heteroatoms. The summed E-state index contributed by atoms with van der Waals surface area (Å²) in [5, 5.41) is 13.3. The first kappa shape index (κ1) is 20.1. The molecule has 0 aliphatic rings. The zero-order chi connectivity index (χ0) is 22.6. The molecule has 0 unspecified atom stereocenters. The molecular formula is C24H18N6O3. The Morgan fingerprint density at radius 2 is 1.58 bits per heavy atom. The zero-order valence-electron chi connectivity index (χ0n) is 17.3. The van der Waals surface area contributed by atoms with Gasteiger partial charge >= 0.3 is 5.91 Å². The minimum Gasteiger partial charge on any atom is -0.451 e. The average Bonchev–Trinajstić information content (AvgIpc) is 3.50. The number of para-hydroxylation sites is 1. The van der Waals surface area contributed by atoms with E-state index in [1.807, 2.05) is 48.5 Å². The maximum Gasteiger partial charge on any atom is 0.305 e. The van der Waals surface area contributed by atoms with Crippen molar-refractivity contribution in [3.05, 3.63) is 102 Å². The second-order valence-electron chi connectivity index (χ2n) is 7.26. The highest BCUT2D eigenvalue weighted by Gasteiger charge is 2.14. The molecule has 162 valence electrons. The first-order valence-electron chi connectivity index (χ1n) is 10.2. The normalized spacial score (nSPS) is 10.8. The fourth-order valence-electron chi connectivity index (χ4n) is 3.28. The second kappa shape index (κ2) is 8.75. The van der Waals surface area contributed by atoms with Crippen molar-refractivity contribution in [3.8, 4) is 11.4 Å². The van der Waals surface area contributed by atoms with E-state index in [4.69, 9.17) is 4.42 Å². The third-order valence-electron chi connectivity index (χ3n) is 4.96. The summed E-state index contributed by atoms with van der Waals surface area (Å²) in [6.07, 6.45) is 0. The van der Waals surface area contributed by atoms with E-state index < -0.39 is 11.8 Å². The van der Waals surface area contributed by atoms with Gasteiger partial charge in [0.1, 0.15) is 5.58 Å². The summed E-state index contributed by atoms with van der Waals surface area (Å²) in [6.45, 7) is 0.407. The van der Waals surface area contributed by atoms with E-state index in [1.165, 1.54) is 4.80 Å². The molecule has 5 aromatic rings. The molecular weight excluding hydrogens is 420 g/mol. The SMILES string of the molecule is O=C(NNC(=O)c1cc2ccccc2o1)c1ccc(Cn2nnc(-c3ccccc3)n2)cc1. The molecule has 5 rings (SSSR count). The van der Waals surface area contributed by atoms with Crippen LogP contribution in [0.1, 0.15) is 26.5 Å². The Hall–Kier alpha value is -4.79. The Morgan fingerprint density at radius 3 is 2.36 bits per heavy atom. The van der Waals surface area contributed by atoms with Crippen molar-refractivity contribution in [3.63, 3.8) is 0 Å². The molecule has 2 aromatic heterocycles. The van der Waals surface area contributed by atoms with Crippen LogP contribution in [0.3, 0.4) is 0 Å². The number of nitrogens with zero attached hydrogens (tertiary/aromatic N) is 4. The smallest absolute Gasteiger partial charge is 0.305 e. The van der Waals surface area contributed by atoms with Gasteiger partial charge in [-0.3, -0.25) is 20.4 Å². The molecule has 9 nitrogen and oxygen atoms in total. The number of hydrazine groups is 1. The standard InChI is InChI=1S/C24H18N6O3/c31-23(26-27-24(32)21-14-19-8-4-5-9-20(19)33-21)18-12-10-16(11-13-18)15-30-28-22(25-29-30)17-6-2-1-3-7-17/h1-14H,15H2,(H,26,31)(H,27,32). The highest BCUT2D eigenvalue weighted by molar-refractivity contribution is 5.99. The van der Waals surface area contributed by atoms with Gasteiger partial charge in [0.05, 0.1) is 6.54 Å². The van der Waals surface area contributed by atoms with Crippen LogP contribution in [-0.4, -0.2) is 32.0 Å². The Kier molecular flexibility index (Phi) is 5.34. The molecule has 2 N–H and O–H groups in total. The van der Waals surface area contributed by atoms with Crippen molar-refractivity contribution in [2.24, 2.45) is 0 Å². The van der Waals surface area contributed by atoms with Crippen molar-refractivity contribution < 1.29 is 14.0 Å². The zero-order valence-corrected chi connectivity index (χ0v) is 17.3. The number of amides is 2. The Bertz CT molecular complexity index is 1390.